The van der Waals surface area contributed by atoms with Crippen LogP contribution in [0.25, 0.3) is 10.8 Å². The Balaban J connectivity index is 1.19. The highest BCUT2D eigenvalue weighted by Crippen LogP contribution is 2.46. The van der Waals surface area contributed by atoms with Crippen molar-refractivity contribution in [3.63, 3.8) is 0 Å². The molecule has 29 heavy (non-hydrogen) atoms. The fourth-order valence-corrected chi connectivity index (χ4v) is 4.71. The van der Waals surface area contributed by atoms with E-state index in [4.69, 9.17) is 0 Å². The molecular weight excluding hydrogens is 432 g/mol. The lowest BCUT2D eigenvalue weighted by Gasteiger charge is -2.21. The molecule has 6 nitrogen and oxygen atoms in total. The average molecular weight is 451 g/mol. The number of pyridine rings is 1. The predicted molar refractivity (Wildman–Crippen MR) is 115 cm³/mol. The van der Waals surface area contributed by atoms with E-state index in [1.54, 1.807) is 12.4 Å². The van der Waals surface area contributed by atoms with Crippen LogP contribution >= 0.6 is 15.9 Å². The van der Waals surface area contributed by atoms with Gasteiger partial charge in [0.05, 0.1) is 11.3 Å². The zero-order chi connectivity index (χ0) is 20.0. The Hall–Kier alpha value is -2.93. The second kappa shape index (κ2) is 7.15. The summed E-state index contributed by atoms with van der Waals surface area (Å²) >= 11 is 3.45. The number of carbonyl (C=O) groups is 2. The van der Waals surface area contributed by atoms with Crippen LogP contribution in [-0.2, 0) is 0 Å². The number of likely N-dealkylation sites (tertiary alicyclic amines) is 1. The Bertz CT molecular complexity index is 1100. The van der Waals surface area contributed by atoms with Crippen molar-refractivity contribution >= 4 is 44.3 Å². The second-order valence-corrected chi connectivity index (χ2v) is 8.40. The molecule has 3 amide bonds. The summed E-state index contributed by atoms with van der Waals surface area (Å²) in [5, 5.41) is 7.95. The highest BCUT2D eigenvalue weighted by Gasteiger charge is 2.57. The summed E-state index contributed by atoms with van der Waals surface area (Å²) in [6.45, 7) is 1.35. The Kier molecular flexibility index (Phi) is 4.47. The Morgan fingerprint density at radius 3 is 2.62 bits per heavy atom. The van der Waals surface area contributed by atoms with Gasteiger partial charge in [0.1, 0.15) is 0 Å². The molecule has 2 unspecified atom stereocenters. The summed E-state index contributed by atoms with van der Waals surface area (Å²) in [7, 11) is 0. The lowest BCUT2D eigenvalue weighted by atomic mass is 10.1. The topological polar surface area (TPSA) is 74.3 Å². The van der Waals surface area contributed by atoms with E-state index in [1.807, 2.05) is 53.4 Å². The van der Waals surface area contributed by atoms with Gasteiger partial charge in [-0.15, -0.1) is 0 Å². The maximum Gasteiger partial charge on any atom is 0.319 e. The molecule has 1 saturated carbocycles. The monoisotopic (exact) mass is 450 g/mol. The number of aromatic nitrogens is 1. The number of halogens is 1. The van der Waals surface area contributed by atoms with Crippen LogP contribution < -0.4 is 10.6 Å². The maximum absolute atomic E-state index is 12.7. The number of nitrogens with zero attached hydrogens (tertiary/aromatic N) is 2. The molecule has 2 aliphatic rings. The van der Waals surface area contributed by atoms with Crippen molar-refractivity contribution in [2.45, 2.75) is 6.04 Å². The quantitative estimate of drug-likeness (QED) is 0.635. The molecule has 1 aliphatic carbocycles. The molecule has 1 aliphatic heterocycles. The first kappa shape index (κ1) is 18.1. The van der Waals surface area contributed by atoms with Crippen molar-refractivity contribution in [2.24, 2.45) is 11.8 Å². The number of nitrogens with one attached hydrogen (secondary N) is 2. The minimum absolute atomic E-state index is 0.0391. The molecule has 0 bridgehead atoms. The molecule has 2 heterocycles. The van der Waals surface area contributed by atoms with E-state index in [9.17, 15) is 9.59 Å². The largest absolute Gasteiger partial charge is 0.338 e. The van der Waals surface area contributed by atoms with Crippen molar-refractivity contribution in [3.05, 3.63) is 71.0 Å². The molecule has 3 aromatic rings. The van der Waals surface area contributed by atoms with E-state index in [-0.39, 0.29) is 18.0 Å². The number of amides is 3. The summed E-state index contributed by atoms with van der Waals surface area (Å²) in [6, 6.07) is 15.0. The van der Waals surface area contributed by atoms with Gasteiger partial charge in [-0.3, -0.25) is 9.78 Å². The molecule has 2 aromatic carbocycles. The van der Waals surface area contributed by atoms with Gasteiger partial charge in [-0.25, -0.2) is 4.79 Å². The first-order valence-electron chi connectivity index (χ1n) is 9.56. The van der Waals surface area contributed by atoms with Crippen LogP contribution in [0.3, 0.4) is 0 Å². The van der Waals surface area contributed by atoms with Crippen LogP contribution in [0.15, 0.2) is 65.4 Å². The van der Waals surface area contributed by atoms with Gasteiger partial charge in [0.25, 0.3) is 5.91 Å². The van der Waals surface area contributed by atoms with E-state index in [2.05, 4.69) is 31.5 Å². The van der Waals surface area contributed by atoms with Gasteiger partial charge < -0.3 is 15.5 Å². The summed E-state index contributed by atoms with van der Waals surface area (Å²) in [5.74, 6) is 0.685. The zero-order valence-corrected chi connectivity index (χ0v) is 17.1. The molecule has 0 radical (unpaired) electrons. The number of hydrogen-bond acceptors (Lipinski definition) is 3. The van der Waals surface area contributed by atoms with Crippen molar-refractivity contribution in [1.82, 2.24) is 15.2 Å². The maximum atomic E-state index is 12.7. The molecule has 0 spiro atoms. The Labute approximate surface area is 176 Å². The highest BCUT2D eigenvalue weighted by atomic mass is 79.9. The average Bonchev–Trinajstić information content (AvgIpc) is 3.16. The second-order valence-electron chi connectivity index (χ2n) is 7.54. The van der Waals surface area contributed by atoms with Gasteiger partial charge in [-0.1, -0.05) is 24.3 Å². The number of urea groups is 1. The molecule has 7 heteroatoms. The van der Waals surface area contributed by atoms with E-state index >= 15 is 0 Å². The molecule has 1 aromatic heterocycles. The number of benzene rings is 2. The fourth-order valence-electron chi connectivity index (χ4n) is 4.25. The van der Waals surface area contributed by atoms with E-state index in [1.165, 1.54) is 0 Å². The first-order valence-corrected chi connectivity index (χ1v) is 10.3. The highest BCUT2D eigenvalue weighted by molar-refractivity contribution is 9.10. The number of anilines is 1. The molecule has 2 atom stereocenters. The van der Waals surface area contributed by atoms with Crippen LogP contribution in [-0.4, -0.2) is 41.0 Å². The van der Waals surface area contributed by atoms with Crippen molar-refractivity contribution in [2.75, 3.05) is 18.4 Å². The number of rotatable bonds is 3. The standard InChI is InChI=1S/C22H19BrN4O2/c23-18-6-2-1-5-15(18)21(28)27-11-16-17(12-27)20(16)26-22(29)25-19-7-3-4-13-10-24-9-8-14(13)19/h1-10,16-17,20H,11-12H2,(H2,25,26,29). The summed E-state index contributed by atoms with van der Waals surface area (Å²) in [5.41, 5.74) is 1.44. The lowest BCUT2D eigenvalue weighted by molar-refractivity contribution is 0.0771. The van der Waals surface area contributed by atoms with Gasteiger partial charge in [0.15, 0.2) is 0 Å². The molecule has 5 rings (SSSR count). The molecule has 2 N–H and O–H groups in total. The number of fused-ring (bicyclic) bond motifs is 2. The van der Waals surface area contributed by atoms with Crippen molar-refractivity contribution in [3.8, 4) is 0 Å². The predicted octanol–water partition coefficient (Wildman–Crippen LogP) is 3.89. The van der Waals surface area contributed by atoms with E-state index in [0.717, 1.165) is 20.9 Å². The van der Waals surface area contributed by atoms with Crippen LogP contribution in [0.5, 0.6) is 0 Å². The van der Waals surface area contributed by atoms with Gasteiger partial charge in [0.2, 0.25) is 0 Å². The number of piperidine rings is 1. The Morgan fingerprint density at radius 1 is 1.03 bits per heavy atom. The fraction of sp³-hybridized carbons (Fsp3) is 0.227. The lowest BCUT2D eigenvalue weighted by Crippen LogP contribution is -2.39. The van der Waals surface area contributed by atoms with Gasteiger partial charge in [0, 0.05) is 58.6 Å². The third-order valence-electron chi connectivity index (χ3n) is 5.81. The third kappa shape index (κ3) is 3.35. The number of hydrogen-bond donors (Lipinski definition) is 2. The zero-order valence-electron chi connectivity index (χ0n) is 15.5. The summed E-state index contributed by atoms with van der Waals surface area (Å²) < 4.78 is 0.810. The minimum Gasteiger partial charge on any atom is -0.338 e. The molecule has 2 fully saturated rings. The van der Waals surface area contributed by atoms with Crippen molar-refractivity contribution < 1.29 is 9.59 Å². The van der Waals surface area contributed by atoms with E-state index in [0.29, 0.717) is 30.5 Å². The van der Waals surface area contributed by atoms with Crippen LogP contribution in [0.1, 0.15) is 10.4 Å². The van der Waals surface area contributed by atoms with E-state index < -0.39 is 0 Å². The SMILES string of the molecule is O=C(Nc1cccc2cnccc12)NC1C2CN(C(=O)c3ccccc3Br)CC21. The smallest absolute Gasteiger partial charge is 0.319 e. The molecular formula is C22H19BrN4O2. The minimum atomic E-state index is -0.211. The van der Waals surface area contributed by atoms with Gasteiger partial charge in [-0.2, -0.15) is 0 Å². The van der Waals surface area contributed by atoms with Crippen molar-refractivity contribution in [1.29, 1.82) is 0 Å². The number of carbonyl (C=O) groups excluding carboxylic acids is 2. The third-order valence-corrected chi connectivity index (χ3v) is 6.50. The summed E-state index contributed by atoms with van der Waals surface area (Å²) in [4.78, 5) is 31.2. The Morgan fingerprint density at radius 2 is 1.83 bits per heavy atom. The van der Waals surface area contributed by atoms with Crippen LogP contribution in [0.2, 0.25) is 0 Å². The van der Waals surface area contributed by atoms with Crippen LogP contribution in [0.4, 0.5) is 10.5 Å². The van der Waals surface area contributed by atoms with Gasteiger partial charge in [-0.05, 0) is 40.2 Å². The van der Waals surface area contributed by atoms with Gasteiger partial charge >= 0.3 is 6.03 Å². The molecule has 1 saturated heterocycles. The molecule has 146 valence electrons. The normalized spacial score (nSPS) is 22.2. The first-order chi connectivity index (χ1) is 14.1. The van der Waals surface area contributed by atoms with Crippen LogP contribution in [0, 0.1) is 11.8 Å². The summed E-state index contributed by atoms with van der Waals surface area (Å²) in [6.07, 6.45) is 3.49.